The summed E-state index contributed by atoms with van der Waals surface area (Å²) in [5.41, 5.74) is 0. The van der Waals surface area contributed by atoms with E-state index in [9.17, 15) is 19.0 Å². The molecule has 0 fully saturated rings. The molecular formula is C64H107NO8P+. The van der Waals surface area contributed by atoms with Crippen molar-refractivity contribution in [3.8, 4) is 0 Å². The number of carbonyl (C=O) groups excluding carboxylic acids is 2. The number of quaternary nitrogens is 1. The van der Waals surface area contributed by atoms with Gasteiger partial charge in [0.2, 0.25) is 0 Å². The number of unbranched alkanes of at least 4 members (excludes halogenated alkanes) is 15. The van der Waals surface area contributed by atoms with Crippen LogP contribution in [0.3, 0.4) is 0 Å². The zero-order valence-electron chi connectivity index (χ0n) is 47.5. The molecule has 9 nitrogen and oxygen atoms in total. The van der Waals surface area contributed by atoms with E-state index in [-0.39, 0.29) is 26.1 Å². The molecule has 0 aromatic heterocycles. The van der Waals surface area contributed by atoms with Gasteiger partial charge in [0.15, 0.2) is 6.10 Å². The average Bonchev–Trinajstić information content (AvgIpc) is 3.36. The SMILES string of the molecule is CC/C=C\C/C=C\C/C=C\C/C=C\C/C=C\C/C=C\C/C=C\CCCCCCCCCCCCCCCC(=O)OC(COC(=O)CCCC/C=C\C/C=C\C/C=C\C/C=C\CC)COP(=O)(O)OCC[N+](C)(C)C. The van der Waals surface area contributed by atoms with E-state index in [0.29, 0.717) is 23.9 Å². The Hall–Kier alpha value is -3.85. The highest BCUT2D eigenvalue weighted by Crippen LogP contribution is 2.43. The number of carbonyl (C=O) groups is 2. The third kappa shape index (κ3) is 57.4. The van der Waals surface area contributed by atoms with Crippen LogP contribution in [0.4, 0.5) is 0 Å². The third-order valence-electron chi connectivity index (χ3n) is 11.7. The Bertz CT molecular complexity index is 1710. The number of ether oxygens (including phenoxy) is 2. The van der Waals surface area contributed by atoms with Crippen molar-refractivity contribution in [2.75, 3.05) is 47.5 Å². The van der Waals surface area contributed by atoms with Gasteiger partial charge in [-0.15, -0.1) is 0 Å². The summed E-state index contributed by atoms with van der Waals surface area (Å²) >= 11 is 0. The number of esters is 2. The number of phosphoric acid groups is 1. The molecule has 0 aliphatic rings. The summed E-state index contributed by atoms with van der Waals surface area (Å²) in [7, 11) is 1.44. The average molecular weight is 1050 g/mol. The van der Waals surface area contributed by atoms with Crippen molar-refractivity contribution in [2.24, 2.45) is 0 Å². The predicted molar refractivity (Wildman–Crippen MR) is 316 cm³/mol. The van der Waals surface area contributed by atoms with Crippen LogP contribution >= 0.6 is 7.82 Å². The van der Waals surface area contributed by atoms with Gasteiger partial charge in [-0.2, -0.15) is 0 Å². The molecule has 0 amide bonds. The molecule has 1 N–H and O–H groups in total. The number of allylic oxidation sites excluding steroid dienone is 22. The van der Waals surface area contributed by atoms with Crippen molar-refractivity contribution in [3.63, 3.8) is 0 Å². The van der Waals surface area contributed by atoms with Gasteiger partial charge in [0, 0.05) is 12.8 Å². The zero-order chi connectivity index (χ0) is 54.2. The normalized spacial score (nSPS) is 14.3. The fraction of sp³-hybridized carbons (Fsp3) is 0.625. The zero-order valence-corrected chi connectivity index (χ0v) is 48.4. The molecule has 10 heteroatoms. The van der Waals surface area contributed by atoms with Gasteiger partial charge >= 0.3 is 19.8 Å². The second-order valence-corrected chi connectivity index (χ2v) is 21.4. The highest BCUT2D eigenvalue weighted by molar-refractivity contribution is 7.47. The summed E-state index contributed by atoms with van der Waals surface area (Å²) in [5, 5.41) is 0. The molecule has 0 rings (SSSR count). The van der Waals surface area contributed by atoms with Gasteiger partial charge in [0.05, 0.1) is 27.7 Å². The number of hydrogen-bond donors (Lipinski definition) is 1. The summed E-state index contributed by atoms with van der Waals surface area (Å²) in [6.07, 6.45) is 78.2. The summed E-state index contributed by atoms with van der Waals surface area (Å²) in [5.74, 6) is -0.856. The molecule has 0 saturated heterocycles. The fourth-order valence-electron chi connectivity index (χ4n) is 7.28. The predicted octanol–water partition coefficient (Wildman–Crippen LogP) is 18.1. The lowest BCUT2D eigenvalue weighted by molar-refractivity contribution is -0.870. The van der Waals surface area contributed by atoms with Gasteiger partial charge in [0.25, 0.3) is 0 Å². The van der Waals surface area contributed by atoms with Crippen LogP contribution in [0.25, 0.3) is 0 Å². The van der Waals surface area contributed by atoms with Gasteiger partial charge in [-0.1, -0.05) is 218 Å². The molecule has 0 aromatic rings. The van der Waals surface area contributed by atoms with Crippen LogP contribution in [0.15, 0.2) is 134 Å². The molecule has 0 heterocycles. The van der Waals surface area contributed by atoms with Crippen molar-refractivity contribution in [1.82, 2.24) is 0 Å². The van der Waals surface area contributed by atoms with Crippen LogP contribution in [0.1, 0.15) is 206 Å². The molecule has 0 aliphatic heterocycles. The number of hydrogen-bond acceptors (Lipinski definition) is 7. The van der Waals surface area contributed by atoms with Gasteiger partial charge in [-0.3, -0.25) is 18.6 Å². The maximum Gasteiger partial charge on any atom is 0.472 e. The third-order valence-corrected chi connectivity index (χ3v) is 12.7. The van der Waals surface area contributed by atoms with E-state index in [1.54, 1.807) is 0 Å². The first-order valence-corrected chi connectivity index (χ1v) is 30.4. The van der Waals surface area contributed by atoms with Gasteiger partial charge in [-0.25, -0.2) is 4.57 Å². The molecule has 74 heavy (non-hydrogen) atoms. The van der Waals surface area contributed by atoms with E-state index in [0.717, 1.165) is 103 Å². The molecule has 0 saturated carbocycles. The maximum atomic E-state index is 12.8. The minimum Gasteiger partial charge on any atom is -0.462 e. The highest BCUT2D eigenvalue weighted by atomic mass is 31.2. The first-order valence-electron chi connectivity index (χ1n) is 28.9. The first kappa shape index (κ1) is 70.1. The molecule has 2 unspecified atom stereocenters. The molecule has 0 spiro atoms. The Kier molecular flexibility index (Phi) is 51.2. The largest absolute Gasteiger partial charge is 0.472 e. The van der Waals surface area contributed by atoms with Crippen LogP contribution < -0.4 is 0 Å². The van der Waals surface area contributed by atoms with E-state index in [4.69, 9.17) is 18.5 Å². The second-order valence-electron chi connectivity index (χ2n) is 19.9. The quantitative estimate of drug-likeness (QED) is 0.0211. The minimum atomic E-state index is -4.40. The monoisotopic (exact) mass is 1050 g/mol. The lowest BCUT2D eigenvalue weighted by Crippen LogP contribution is -2.37. The lowest BCUT2D eigenvalue weighted by atomic mass is 10.0. The van der Waals surface area contributed by atoms with E-state index in [2.05, 4.69) is 148 Å². The van der Waals surface area contributed by atoms with Crippen molar-refractivity contribution in [2.45, 2.75) is 213 Å². The van der Waals surface area contributed by atoms with Crippen molar-refractivity contribution in [1.29, 1.82) is 0 Å². The molecule has 0 aromatic carbocycles. The minimum absolute atomic E-state index is 0.0183. The smallest absolute Gasteiger partial charge is 0.462 e. The number of likely N-dealkylation sites (N-methyl/N-ethyl adjacent to an activating group) is 1. The lowest BCUT2D eigenvalue weighted by Gasteiger charge is -2.24. The molecule has 420 valence electrons. The van der Waals surface area contributed by atoms with Gasteiger partial charge in [0.1, 0.15) is 19.8 Å². The summed E-state index contributed by atoms with van der Waals surface area (Å²) in [6, 6.07) is 0. The van der Waals surface area contributed by atoms with E-state index in [1.165, 1.54) is 64.2 Å². The van der Waals surface area contributed by atoms with Gasteiger partial charge in [-0.05, 0) is 109 Å². The molecule has 0 bridgehead atoms. The Morgan fingerprint density at radius 2 is 0.730 bits per heavy atom. The van der Waals surface area contributed by atoms with Crippen LogP contribution in [0, 0.1) is 0 Å². The Balaban J connectivity index is 4.14. The van der Waals surface area contributed by atoms with E-state index in [1.807, 2.05) is 21.1 Å². The molecule has 2 atom stereocenters. The van der Waals surface area contributed by atoms with E-state index < -0.39 is 32.5 Å². The van der Waals surface area contributed by atoms with Crippen molar-refractivity contribution >= 4 is 19.8 Å². The van der Waals surface area contributed by atoms with Crippen molar-refractivity contribution < 1.29 is 42.1 Å². The summed E-state index contributed by atoms with van der Waals surface area (Å²) in [4.78, 5) is 35.6. The Morgan fingerprint density at radius 3 is 1.11 bits per heavy atom. The standard InChI is InChI=1S/C64H106NO8P/c1-6-8-10-12-14-16-18-20-22-23-24-25-26-27-28-29-30-31-32-33-34-35-36-37-38-39-40-41-43-45-47-49-51-53-55-57-64(67)73-62(61-72-74(68,69)71-59-58-65(3,4)5)60-70-63(66)56-54-52-50-48-46-44-42-21-19-17-15-13-11-9-7-2/h8-11,14-17,20-22,24-25,27-28,30-31,33-34,42,46,48,62H,6-7,12-13,18-19,23,26,29,32,35-41,43-45,47,49-61H2,1-5H3/p+1/b10-8-,11-9-,16-14-,17-15-,22-20-,25-24-,28-27-,31-30-,34-33-,42-21-,48-46-. The number of nitrogens with zero attached hydrogens (tertiary/aromatic N) is 1. The van der Waals surface area contributed by atoms with Crippen LogP contribution in [-0.2, 0) is 32.7 Å². The Labute approximate surface area is 453 Å². The highest BCUT2D eigenvalue weighted by Gasteiger charge is 2.27. The fourth-order valence-corrected chi connectivity index (χ4v) is 8.02. The summed E-state index contributed by atoms with van der Waals surface area (Å²) in [6.45, 7) is 4.13. The Morgan fingerprint density at radius 1 is 0.419 bits per heavy atom. The van der Waals surface area contributed by atoms with E-state index >= 15 is 0 Å². The summed E-state index contributed by atoms with van der Waals surface area (Å²) < 4.78 is 34.5. The van der Waals surface area contributed by atoms with Crippen LogP contribution in [-0.4, -0.2) is 74.9 Å². The topological polar surface area (TPSA) is 108 Å². The number of rotatable bonds is 51. The maximum absolute atomic E-state index is 12.8. The second kappa shape index (κ2) is 54.0. The number of phosphoric ester groups is 1. The van der Waals surface area contributed by atoms with Crippen molar-refractivity contribution in [3.05, 3.63) is 134 Å². The molecule has 0 aliphatic carbocycles. The molecule has 0 radical (unpaired) electrons. The first-order chi connectivity index (χ1) is 36.0. The van der Waals surface area contributed by atoms with Crippen LogP contribution in [0.2, 0.25) is 0 Å². The van der Waals surface area contributed by atoms with Gasteiger partial charge < -0.3 is 18.9 Å². The molecular weight excluding hydrogens is 942 g/mol. The van der Waals surface area contributed by atoms with Crippen LogP contribution in [0.5, 0.6) is 0 Å².